The zero-order valence-corrected chi connectivity index (χ0v) is 11.6. The van der Waals surface area contributed by atoms with Gasteiger partial charge in [-0.15, -0.1) is 0 Å². The average Bonchev–Trinajstić information content (AvgIpc) is 2.28. The molecule has 0 saturated carbocycles. The van der Waals surface area contributed by atoms with Crippen LogP contribution < -0.4 is 15.4 Å². The molecule has 0 amide bonds. The van der Waals surface area contributed by atoms with Crippen molar-refractivity contribution < 1.29 is 8.42 Å². The highest BCUT2D eigenvalue weighted by atomic mass is 32.2. The van der Waals surface area contributed by atoms with E-state index in [0.29, 0.717) is 18.3 Å². The van der Waals surface area contributed by atoms with Crippen LogP contribution in [-0.4, -0.2) is 44.3 Å². The number of nitrogens with zero attached hydrogens (tertiary/aromatic N) is 2. The average molecular weight is 273 g/mol. The van der Waals surface area contributed by atoms with Gasteiger partial charge in [0.15, 0.2) is 0 Å². The van der Waals surface area contributed by atoms with E-state index >= 15 is 0 Å². The van der Waals surface area contributed by atoms with Crippen LogP contribution in [-0.2, 0) is 10.0 Å². The summed E-state index contributed by atoms with van der Waals surface area (Å²) in [6.45, 7) is 4.85. The molecular weight excluding hydrogens is 254 g/mol. The molecule has 7 nitrogen and oxygen atoms in total. The number of rotatable bonds is 7. The van der Waals surface area contributed by atoms with Gasteiger partial charge in [0.05, 0.1) is 5.75 Å². The first kappa shape index (κ1) is 14.7. The molecule has 0 aliphatic heterocycles. The van der Waals surface area contributed by atoms with Gasteiger partial charge in [-0.3, -0.25) is 0 Å². The molecule has 1 heterocycles. The van der Waals surface area contributed by atoms with Crippen molar-refractivity contribution in [2.24, 2.45) is 0 Å². The van der Waals surface area contributed by atoms with Crippen molar-refractivity contribution in [1.82, 2.24) is 14.7 Å². The summed E-state index contributed by atoms with van der Waals surface area (Å²) < 4.78 is 24.7. The maximum absolute atomic E-state index is 11.2. The number of hydrogen-bond acceptors (Lipinski definition) is 6. The Balaban J connectivity index is 2.62. The molecule has 0 saturated heterocycles. The molecule has 0 atom stereocenters. The third kappa shape index (κ3) is 4.84. The molecule has 0 bridgehead atoms. The molecule has 0 aliphatic rings. The second-order valence-corrected chi connectivity index (χ2v) is 5.74. The summed E-state index contributed by atoms with van der Waals surface area (Å²) in [6.07, 6.45) is 0. The van der Waals surface area contributed by atoms with E-state index in [-0.39, 0.29) is 5.75 Å². The fourth-order valence-electron chi connectivity index (χ4n) is 1.31. The van der Waals surface area contributed by atoms with Gasteiger partial charge in [-0.05, 0) is 20.9 Å². The van der Waals surface area contributed by atoms with Crippen molar-refractivity contribution in [3.8, 4) is 0 Å². The lowest BCUT2D eigenvalue weighted by atomic mass is 10.4. The quantitative estimate of drug-likeness (QED) is 0.656. The van der Waals surface area contributed by atoms with Crippen LogP contribution in [0.2, 0.25) is 0 Å². The largest absolute Gasteiger partial charge is 0.369 e. The molecule has 0 aromatic carbocycles. The highest BCUT2D eigenvalue weighted by molar-refractivity contribution is 7.89. The summed E-state index contributed by atoms with van der Waals surface area (Å²) in [5.74, 6) is 1.16. The molecule has 18 heavy (non-hydrogen) atoms. The van der Waals surface area contributed by atoms with Crippen LogP contribution in [0.4, 0.5) is 11.8 Å². The van der Waals surface area contributed by atoms with Crippen LogP contribution in [0.5, 0.6) is 0 Å². The molecule has 0 unspecified atom stereocenters. The van der Waals surface area contributed by atoms with Crippen LogP contribution in [0.15, 0.2) is 6.07 Å². The number of hydrogen-bond donors (Lipinski definition) is 3. The molecular formula is C10H19N5O2S. The molecule has 1 aromatic heterocycles. The van der Waals surface area contributed by atoms with Crippen LogP contribution in [0.3, 0.4) is 0 Å². The Kier molecular flexibility index (Phi) is 5.29. The van der Waals surface area contributed by atoms with Gasteiger partial charge in [0.2, 0.25) is 16.0 Å². The van der Waals surface area contributed by atoms with Gasteiger partial charge < -0.3 is 10.6 Å². The Morgan fingerprint density at radius 2 is 2.00 bits per heavy atom. The van der Waals surface area contributed by atoms with E-state index in [1.807, 2.05) is 13.8 Å². The molecule has 102 valence electrons. The maximum atomic E-state index is 11.2. The minimum absolute atomic E-state index is 0.00307. The smallest absolute Gasteiger partial charge is 0.224 e. The molecule has 0 radical (unpaired) electrons. The first-order chi connectivity index (χ1) is 8.46. The van der Waals surface area contributed by atoms with Crippen molar-refractivity contribution in [3.05, 3.63) is 11.8 Å². The first-order valence-corrected chi connectivity index (χ1v) is 7.36. The summed E-state index contributed by atoms with van der Waals surface area (Å²) in [5, 5.41) is 5.98. The minimum Gasteiger partial charge on any atom is -0.369 e. The standard InChI is InChI=1S/C10H19N5O2S/c1-4-12-10-14-8(2)7-9(15-10)13-5-6-18(16,17)11-3/h7,11H,4-6H2,1-3H3,(H2,12,13,14,15). The van der Waals surface area contributed by atoms with Crippen molar-refractivity contribution in [2.75, 3.05) is 36.5 Å². The SMILES string of the molecule is CCNc1nc(C)cc(NCCS(=O)(=O)NC)n1. The highest BCUT2D eigenvalue weighted by Crippen LogP contribution is 2.08. The maximum Gasteiger partial charge on any atom is 0.224 e. The van der Waals surface area contributed by atoms with Gasteiger partial charge in [0.1, 0.15) is 5.82 Å². The fraction of sp³-hybridized carbons (Fsp3) is 0.600. The van der Waals surface area contributed by atoms with Crippen LogP contribution >= 0.6 is 0 Å². The Labute approximate surface area is 107 Å². The van der Waals surface area contributed by atoms with Gasteiger partial charge >= 0.3 is 0 Å². The topological polar surface area (TPSA) is 96.0 Å². The number of anilines is 2. The zero-order valence-electron chi connectivity index (χ0n) is 10.8. The van der Waals surface area contributed by atoms with Gasteiger partial charge in [-0.2, -0.15) is 4.98 Å². The molecule has 0 spiro atoms. The van der Waals surface area contributed by atoms with Crippen LogP contribution in [0.25, 0.3) is 0 Å². The molecule has 8 heteroatoms. The van der Waals surface area contributed by atoms with Crippen molar-refractivity contribution in [3.63, 3.8) is 0 Å². The Morgan fingerprint density at radius 1 is 1.28 bits per heavy atom. The van der Waals surface area contributed by atoms with E-state index in [1.165, 1.54) is 7.05 Å². The lowest BCUT2D eigenvalue weighted by molar-refractivity contribution is 0.588. The number of aryl methyl sites for hydroxylation is 1. The summed E-state index contributed by atoms with van der Waals surface area (Å²) in [4.78, 5) is 8.42. The van der Waals surface area contributed by atoms with E-state index in [1.54, 1.807) is 6.07 Å². The number of nitrogens with one attached hydrogen (secondary N) is 3. The zero-order chi connectivity index (χ0) is 13.6. The summed E-state index contributed by atoms with van der Waals surface area (Å²) >= 11 is 0. The molecule has 3 N–H and O–H groups in total. The lowest BCUT2D eigenvalue weighted by Gasteiger charge is -2.09. The highest BCUT2D eigenvalue weighted by Gasteiger charge is 2.07. The van der Waals surface area contributed by atoms with E-state index in [4.69, 9.17) is 0 Å². The minimum atomic E-state index is -3.19. The molecule has 0 fully saturated rings. The van der Waals surface area contributed by atoms with Gasteiger partial charge in [-0.1, -0.05) is 0 Å². The molecule has 1 aromatic rings. The monoisotopic (exact) mass is 273 g/mol. The van der Waals surface area contributed by atoms with Crippen LogP contribution in [0, 0.1) is 6.92 Å². The predicted molar refractivity (Wildman–Crippen MR) is 72.3 cm³/mol. The predicted octanol–water partition coefficient (Wildman–Crippen LogP) is 0.178. The summed E-state index contributed by atoms with van der Waals surface area (Å²) in [6, 6.07) is 1.77. The van der Waals surface area contributed by atoms with Crippen LogP contribution in [0.1, 0.15) is 12.6 Å². The normalized spacial score (nSPS) is 11.3. The first-order valence-electron chi connectivity index (χ1n) is 5.71. The second kappa shape index (κ2) is 6.50. The van der Waals surface area contributed by atoms with Gasteiger partial charge in [0.25, 0.3) is 0 Å². The molecule has 0 aliphatic carbocycles. The Hall–Kier alpha value is -1.41. The van der Waals surface area contributed by atoms with Crippen molar-refractivity contribution >= 4 is 21.8 Å². The summed E-state index contributed by atoms with van der Waals surface area (Å²) in [5.41, 5.74) is 0.819. The Bertz CT molecular complexity index is 489. The van der Waals surface area contributed by atoms with E-state index in [2.05, 4.69) is 25.3 Å². The third-order valence-electron chi connectivity index (χ3n) is 2.18. The van der Waals surface area contributed by atoms with Gasteiger partial charge in [-0.25, -0.2) is 18.1 Å². The molecule has 1 rings (SSSR count). The third-order valence-corrected chi connectivity index (χ3v) is 3.54. The van der Waals surface area contributed by atoms with E-state index in [0.717, 1.165) is 12.2 Å². The second-order valence-electron chi connectivity index (χ2n) is 3.70. The van der Waals surface area contributed by atoms with Crippen molar-refractivity contribution in [1.29, 1.82) is 0 Å². The van der Waals surface area contributed by atoms with Crippen molar-refractivity contribution in [2.45, 2.75) is 13.8 Å². The fourth-order valence-corrected chi connectivity index (χ4v) is 1.89. The lowest BCUT2D eigenvalue weighted by Crippen LogP contribution is -2.26. The number of sulfonamides is 1. The Morgan fingerprint density at radius 3 is 2.61 bits per heavy atom. The summed E-state index contributed by atoms with van der Waals surface area (Å²) in [7, 11) is -1.80. The van der Waals surface area contributed by atoms with E-state index in [9.17, 15) is 8.42 Å². The number of aromatic nitrogens is 2. The van der Waals surface area contributed by atoms with Gasteiger partial charge in [0, 0.05) is 24.8 Å². The van der Waals surface area contributed by atoms with E-state index < -0.39 is 10.0 Å².